The standard InChI is InChI=1S/C26H36F5N5O3/c1-17(26(29,30)31)39-18(2)32-23-19-15-21(37-3)22(38-14-6-11-35-9-4-5-10-35)16-20(19)33-24(34-23)36-12-7-25(27,28)8-13-36/h15-18H,4-14H2,1-3H3,(H,32,33,34)/t17-,18+/m1/s1. The highest BCUT2D eigenvalue weighted by Crippen LogP contribution is 2.37. The molecule has 39 heavy (non-hydrogen) atoms. The molecule has 1 aromatic carbocycles. The average molecular weight is 562 g/mol. The van der Waals surface area contributed by atoms with E-state index in [1.54, 1.807) is 17.0 Å². The third-order valence-corrected chi connectivity index (χ3v) is 7.03. The Kier molecular flexibility index (Phi) is 9.20. The lowest BCUT2D eigenvalue weighted by molar-refractivity contribution is -0.222. The van der Waals surface area contributed by atoms with E-state index in [9.17, 15) is 22.0 Å². The maximum atomic E-state index is 13.8. The van der Waals surface area contributed by atoms with Crippen molar-refractivity contribution in [3.8, 4) is 11.5 Å². The van der Waals surface area contributed by atoms with E-state index in [1.807, 2.05) is 0 Å². The molecule has 2 aliphatic rings. The molecule has 0 radical (unpaired) electrons. The lowest BCUT2D eigenvalue weighted by Gasteiger charge is -2.32. The normalized spacial score (nSPS) is 19.7. The van der Waals surface area contributed by atoms with Crippen LogP contribution in [-0.2, 0) is 4.74 Å². The van der Waals surface area contributed by atoms with Crippen LogP contribution in [0.5, 0.6) is 11.5 Å². The lowest BCUT2D eigenvalue weighted by atomic mass is 10.1. The topological polar surface area (TPSA) is 72.0 Å². The van der Waals surface area contributed by atoms with E-state index in [0.717, 1.165) is 33.0 Å². The van der Waals surface area contributed by atoms with E-state index in [4.69, 9.17) is 14.2 Å². The van der Waals surface area contributed by atoms with Gasteiger partial charge in [-0.2, -0.15) is 18.2 Å². The van der Waals surface area contributed by atoms with Gasteiger partial charge in [-0.15, -0.1) is 0 Å². The zero-order valence-electron chi connectivity index (χ0n) is 22.5. The van der Waals surface area contributed by atoms with Crippen LogP contribution in [0.1, 0.15) is 46.0 Å². The summed E-state index contributed by atoms with van der Waals surface area (Å²) in [5.74, 6) is -1.48. The minimum absolute atomic E-state index is 0.0467. The van der Waals surface area contributed by atoms with E-state index >= 15 is 0 Å². The molecule has 1 N–H and O–H groups in total. The van der Waals surface area contributed by atoms with Crippen LogP contribution in [-0.4, -0.2) is 85.7 Å². The molecule has 2 saturated heterocycles. The fourth-order valence-corrected chi connectivity index (χ4v) is 4.77. The Morgan fingerprint density at radius 2 is 1.72 bits per heavy atom. The Morgan fingerprint density at radius 1 is 1.03 bits per heavy atom. The monoisotopic (exact) mass is 561 g/mol. The molecule has 4 rings (SSSR count). The highest BCUT2D eigenvalue weighted by atomic mass is 19.4. The first-order valence-electron chi connectivity index (χ1n) is 13.3. The summed E-state index contributed by atoms with van der Waals surface area (Å²) >= 11 is 0. The Labute approximate surface area is 224 Å². The van der Waals surface area contributed by atoms with Gasteiger partial charge in [-0.3, -0.25) is 0 Å². The number of anilines is 2. The number of likely N-dealkylation sites (tertiary alicyclic amines) is 1. The fraction of sp³-hybridized carbons (Fsp3) is 0.692. The van der Waals surface area contributed by atoms with Crippen LogP contribution in [0.15, 0.2) is 12.1 Å². The van der Waals surface area contributed by atoms with Gasteiger partial charge in [-0.05, 0) is 52.3 Å². The van der Waals surface area contributed by atoms with Gasteiger partial charge in [0.25, 0.3) is 5.92 Å². The molecule has 2 aromatic rings. The molecule has 3 heterocycles. The summed E-state index contributed by atoms with van der Waals surface area (Å²) in [5, 5.41) is 3.36. The first-order valence-corrected chi connectivity index (χ1v) is 13.3. The van der Waals surface area contributed by atoms with Crippen LogP contribution in [0.2, 0.25) is 0 Å². The third-order valence-electron chi connectivity index (χ3n) is 7.03. The summed E-state index contributed by atoms with van der Waals surface area (Å²) in [4.78, 5) is 13.1. The first kappa shape index (κ1) is 29.3. The van der Waals surface area contributed by atoms with Crippen molar-refractivity contribution in [2.24, 2.45) is 0 Å². The Hall–Kier alpha value is -2.67. The zero-order chi connectivity index (χ0) is 28.2. The lowest BCUT2D eigenvalue weighted by Crippen LogP contribution is -2.40. The molecule has 0 aliphatic carbocycles. The second-order valence-electron chi connectivity index (χ2n) is 10.1. The highest BCUT2D eigenvalue weighted by Gasteiger charge is 2.38. The quantitative estimate of drug-likeness (QED) is 0.220. The van der Waals surface area contributed by atoms with Crippen molar-refractivity contribution in [1.82, 2.24) is 14.9 Å². The number of methoxy groups -OCH3 is 1. The Morgan fingerprint density at radius 3 is 2.36 bits per heavy atom. The summed E-state index contributed by atoms with van der Waals surface area (Å²) in [6, 6.07) is 3.34. The van der Waals surface area contributed by atoms with E-state index in [2.05, 4.69) is 20.2 Å². The molecular weight excluding hydrogens is 525 g/mol. The molecule has 0 amide bonds. The molecule has 2 atom stereocenters. The predicted octanol–water partition coefficient (Wildman–Crippen LogP) is 5.46. The van der Waals surface area contributed by atoms with Crippen molar-refractivity contribution in [3.05, 3.63) is 12.1 Å². The van der Waals surface area contributed by atoms with Crippen LogP contribution in [0, 0.1) is 0 Å². The second-order valence-corrected chi connectivity index (χ2v) is 10.1. The van der Waals surface area contributed by atoms with Gasteiger partial charge in [0.2, 0.25) is 5.95 Å². The number of rotatable bonds is 11. The zero-order valence-corrected chi connectivity index (χ0v) is 22.5. The van der Waals surface area contributed by atoms with Crippen molar-refractivity contribution in [2.75, 3.05) is 56.7 Å². The molecule has 0 spiro atoms. The van der Waals surface area contributed by atoms with Gasteiger partial charge in [0.1, 0.15) is 12.0 Å². The predicted molar refractivity (Wildman–Crippen MR) is 138 cm³/mol. The summed E-state index contributed by atoms with van der Waals surface area (Å²) < 4.78 is 83.4. The van der Waals surface area contributed by atoms with Crippen LogP contribution < -0.4 is 19.7 Å². The van der Waals surface area contributed by atoms with Crippen LogP contribution >= 0.6 is 0 Å². The van der Waals surface area contributed by atoms with Gasteiger partial charge >= 0.3 is 6.18 Å². The molecule has 8 nitrogen and oxygen atoms in total. The largest absolute Gasteiger partial charge is 0.493 e. The van der Waals surface area contributed by atoms with E-state index in [1.165, 1.54) is 26.9 Å². The minimum Gasteiger partial charge on any atom is -0.493 e. The summed E-state index contributed by atoms with van der Waals surface area (Å²) in [6.45, 7) is 6.05. The SMILES string of the molecule is COc1cc2c(N[C@H](C)O[C@H](C)C(F)(F)F)nc(N3CCC(F)(F)CC3)nc2cc1OCCCN1CCCC1. The number of halogens is 5. The number of aromatic nitrogens is 2. The molecule has 218 valence electrons. The smallest absolute Gasteiger partial charge is 0.414 e. The van der Waals surface area contributed by atoms with Gasteiger partial charge < -0.3 is 29.3 Å². The summed E-state index contributed by atoms with van der Waals surface area (Å²) in [6.07, 6.45) is -5.02. The number of benzene rings is 1. The number of ether oxygens (including phenoxy) is 3. The molecular formula is C26H36F5N5O3. The van der Waals surface area contributed by atoms with Crippen LogP contribution in [0.4, 0.5) is 33.7 Å². The minimum atomic E-state index is -4.53. The second kappa shape index (κ2) is 12.2. The molecule has 1 aromatic heterocycles. The maximum absolute atomic E-state index is 13.8. The fourth-order valence-electron chi connectivity index (χ4n) is 4.77. The van der Waals surface area contributed by atoms with Gasteiger partial charge in [0.05, 0.1) is 19.2 Å². The number of hydrogen-bond acceptors (Lipinski definition) is 8. The molecule has 13 heteroatoms. The van der Waals surface area contributed by atoms with Crippen molar-refractivity contribution in [3.63, 3.8) is 0 Å². The van der Waals surface area contributed by atoms with Gasteiger partial charge in [-0.25, -0.2) is 13.8 Å². The van der Waals surface area contributed by atoms with Gasteiger partial charge in [0.15, 0.2) is 17.6 Å². The molecule has 0 bridgehead atoms. The molecule has 0 saturated carbocycles. The highest BCUT2D eigenvalue weighted by molar-refractivity contribution is 5.92. The van der Waals surface area contributed by atoms with Crippen molar-refractivity contribution < 1.29 is 36.2 Å². The number of nitrogens with one attached hydrogen (secondary N) is 1. The summed E-state index contributed by atoms with van der Waals surface area (Å²) in [7, 11) is 1.49. The number of nitrogens with zero attached hydrogens (tertiary/aromatic N) is 4. The van der Waals surface area contributed by atoms with Crippen molar-refractivity contribution in [2.45, 2.75) is 70.4 Å². The Balaban J connectivity index is 1.60. The third kappa shape index (κ3) is 7.71. The number of piperidine rings is 1. The Bertz CT molecular complexity index is 1100. The van der Waals surface area contributed by atoms with Crippen molar-refractivity contribution >= 4 is 22.7 Å². The molecule has 2 aliphatic heterocycles. The number of alkyl halides is 5. The van der Waals surface area contributed by atoms with Crippen molar-refractivity contribution in [1.29, 1.82) is 0 Å². The van der Waals surface area contributed by atoms with Crippen LogP contribution in [0.25, 0.3) is 10.9 Å². The average Bonchev–Trinajstić information content (AvgIpc) is 3.39. The van der Waals surface area contributed by atoms with Gasteiger partial charge in [0, 0.05) is 43.9 Å². The van der Waals surface area contributed by atoms with E-state index in [-0.39, 0.29) is 37.7 Å². The molecule has 0 unspecified atom stereocenters. The maximum Gasteiger partial charge on any atom is 0.414 e. The van der Waals surface area contributed by atoms with Gasteiger partial charge in [-0.1, -0.05) is 0 Å². The summed E-state index contributed by atoms with van der Waals surface area (Å²) in [5.41, 5.74) is 0.436. The number of fused-ring (bicyclic) bond motifs is 1. The van der Waals surface area contributed by atoms with E-state index in [0.29, 0.717) is 29.0 Å². The van der Waals surface area contributed by atoms with E-state index < -0.39 is 24.4 Å². The van der Waals surface area contributed by atoms with Crippen LogP contribution in [0.3, 0.4) is 0 Å². The first-order chi connectivity index (χ1) is 18.4. The molecule has 2 fully saturated rings. The number of hydrogen-bond donors (Lipinski definition) is 1.